The third-order valence-electron chi connectivity index (χ3n) is 6.90. The highest BCUT2D eigenvalue weighted by molar-refractivity contribution is 7.92. The van der Waals surface area contributed by atoms with Crippen molar-refractivity contribution < 1.29 is 12.8 Å². The van der Waals surface area contributed by atoms with Crippen molar-refractivity contribution >= 4 is 37.5 Å². The molecule has 3 aromatic carbocycles. The van der Waals surface area contributed by atoms with E-state index in [1.54, 1.807) is 12.1 Å². The van der Waals surface area contributed by atoms with E-state index in [1.165, 1.54) is 5.56 Å². The van der Waals surface area contributed by atoms with E-state index in [1.807, 2.05) is 49.4 Å². The Balaban J connectivity index is 1.69. The summed E-state index contributed by atoms with van der Waals surface area (Å²) in [5.74, 6) is 1.61. The second-order valence-electron chi connectivity index (χ2n) is 10.0. The Labute approximate surface area is 189 Å². The third kappa shape index (κ3) is 3.49. The Hall–Kier alpha value is -2.79. The summed E-state index contributed by atoms with van der Waals surface area (Å²) in [6.07, 6.45) is 2.99. The first-order chi connectivity index (χ1) is 15.1. The maximum atomic E-state index is 13.3. The molecule has 1 N–H and O–H groups in total. The van der Waals surface area contributed by atoms with Gasteiger partial charge in [-0.1, -0.05) is 63.2 Å². The summed E-state index contributed by atoms with van der Waals surface area (Å²) < 4.78 is 35.8. The molecule has 32 heavy (non-hydrogen) atoms. The molecule has 0 saturated heterocycles. The summed E-state index contributed by atoms with van der Waals surface area (Å²) in [6, 6.07) is 16.9. The summed E-state index contributed by atoms with van der Waals surface area (Å²) in [5, 5.41) is 2.81. The predicted octanol–water partition coefficient (Wildman–Crippen LogP) is 6.85. The minimum Gasteiger partial charge on any atom is -0.460 e. The Morgan fingerprint density at radius 1 is 0.969 bits per heavy atom. The molecule has 0 radical (unpaired) electrons. The molecule has 4 aromatic rings. The monoisotopic (exact) mass is 447 g/mol. The van der Waals surface area contributed by atoms with Crippen molar-refractivity contribution in [3.8, 4) is 0 Å². The molecule has 0 aliphatic heterocycles. The zero-order valence-corrected chi connectivity index (χ0v) is 19.8. The van der Waals surface area contributed by atoms with Crippen LogP contribution in [0.4, 0.5) is 5.69 Å². The number of benzene rings is 3. The summed E-state index contributed by atoms with van der Waals surface area (Å²) in [4.78, 5) is 0.297. The maximum Gasteiger partial charge on any atom is 0.262 e. The van der Waals surface area contributed by atoms with Crippen LogP contribution in [0, 0.1) is 18.3 Å². The molecule has 0 saturated carbocycles. The molecule has 4 nitrogen and oxygen atoms in total. The fraction of sp³-hybridized carbons (Fsp3) is 0.333. The fourth-order valence-corrected chi connectivity index (χ4v) is 6.30. The van der Waals surface area contributed by atoms with Gasteiger partial charge in [0.1, 0.15) is 11.3 Å². The summed E-state index contributed by atoms with van der Waals surface area (Å²) in [7, 11) is -3.72. The van der Waals surface area contributed by atoms with Gasteiger partial charge in [-0.2, -0.15) is 0 Å². The average molecular weight is 448 g/mol. The van der Waals surface area contributed by atoms with E-state index in [-0.39, 0.29) is 5.41 Å². The minimum absolute atomic E-state index is 0.216. The molecule has 5 rings (SSSR count). The third-order valence-corrected chi connectivity index (χ3v) is 8.43. The molecule has 0 spiro atoms. The van der Waals surface area contributed by atoms with Crippen LogP contribution in [0.3, 0.4) is 0 Å². The number of sulfonamides is 1. The first-order valence-electron chi connectivity index (χ1n) is 11.2. The van der Waals surface area contributed by atoms with Gasteiger partial charge in [-0.3, -0.25) is 4.72 Å². The van der Waals surface area contributed by atoms with E-state index in [4.69, 9.17) is 4.42 Å². The van der Waals surface area contributed by atoms with Crippen molar-refractivity contribution in [3.05, 3.63) is 71.5 Å². The van der Waals surface area contributed by atoms with E-state index >= 15 is 0 Å². The van der Waals surface area contributed by atoms with E-state index in [0.29, 0.717) is 16.5 Å². The topological polar surface area (TPSA) is 59.3 Å². The van der Waals surface area contributed by atoms with Crippen LogP contribution in [-0.2, 0) is 22.9 Å². The molecular formula is C27H29NO3S. The van der Waals surface area contributed by atoms with Gasteiger partial charge in [-0.05, 0) is 48.8 Å². The number of furan rings is 1. The van der Waals surface area contributed by atoms with Crippen molar-refractivity contribution in [2.24, 2.45) is 11.3 Å². The van der Waals surface area contributed by atoms with Crippen LogP contribution in [0.15, 0.2) is 63.9 Å². The highest BCUT2D eigenvalue weighted by Crippen LogP contribution is 2.44. The maximum absolute atomic E-state index is 13.3. The van der Waals surface area contributed by atoms with Crippen LogP contribution < -0.4 is 4.72 Å². The van der Waals surface area contributed by atoms with Crippen LogP contribution in [-0.4, -0.2) is 8.42 Å². The number of hydrogen-bond donors (Lipinski definition) is 1. The number of anilines is 1. The molecule has 0 fully saturated rings. The molecule has 1 aliphatic carbocycles. The van der Waals surface area contributed by atoms with Gasteiger partial charge in [-0.15, -0.1) is 0 Å². The van der Waals surface area contributed by atoms with Gasteiger partial charge in [0.2, 0.25) is 0 Å². The molecule has 166 valence electrons. The van der Waals surface area contributed by atoms with Crippen LogP contribution in [0.2, 0.25) is 0 Å². The molecule has 1 aromatic heterocycles. The van der Waals surface area contributed by atoms with Crippen LogP contribution in [0.1, 0.15) is 44.1 Å². The van der Waals surface area contributed by atoms with Crippen molar-refractivity contribution in [3.63, 3.8) is 0 Å². The minimum atomic E-state index is -3.72. The predicted molar refractivity (Wildman–Crippen MR) is 131 cm³/mol. The average Bonchev–Trinajstić information content (AvgIpc) is 3.11. The lowest BCUT2D eigenvalue weighted by Crippen LogP contribution is -2.26. The van der Waals surface area contributed by atoms with Gasteiger partial charge < -0.3 is 4.42 Å². The van der Waals surface area contributed by atoms with Crippen molar-refractivity contribution in [2.75, 3.05) is 4.72 Å². The zero-order chi connectivity index (χ0) is 22.7. The summed E-state index contributed by atoms with van der Waals surface area (Å²) in [5.41, 5.74) is 3.62. The smallest absolute Gasteiger partial charge is 0.262 e. The van der Waals surface area contributed by atoms with Crippen molar-refractivity contribution in [1.29, 1.82) is 0 Å². The molecule has 1 heterocycles. The van der Waals surface area contributed by atoms with E-state index < -0.39 is 10.0 Å². The van der Waals surface area contributed by atoms with Gasteiger partial charge in [0, 0.05) is 28.1 Å². The van der Waals surface area contributed by atoms with Gasteiger partial charge in [0.25, 0.3) is 10.0 Å². The fourth-order valence-electron chi connectivity index (χ4n) is 4.98. The number of rotatable bonds is 3. The van der Waals surface area contributed by atoms with Gasteiger partial charge in [-0.25, -0.2) is 8.42 Å². The molecule has 1 atom stereocenters. The highest BCUT2D eigenvalue weighted by Gasteiger charge is 2.32. The van der Waals surface area contributed by atoms with E-state index in [2.05, 4.69) is 25.5 Å². The molecule has 0 unspecified atom stereocenters. The number of nitrogens with one attached hydrogen (secondary N) is 1. The zero-order valence-electron chi connectivity index (χ0n) is 19.0. The SMILES string of the molecule is Cc1ccccc1S(=O)(=O)Nc1cc2c3c(oc2c2ccccc12)CC[C@H](C(C)(C)C)C3. The summed E-state index contributed by atoms with van der Waals surface area (Å²) in [6.45, 7) is 8.70. The lowest BCUT2D eigenvalue weighted by atomic mass is 9.71. The van der Waals surface area contributed by atoms with E-state index in [9.17, 15) is 8.42 Å². The van der Waals surface area contributed by atoms with Gasteiger partial charge >= 0.3 is 0 Å². The lowest BCUT2D eigenvalue weighted by Gasteiger charge is -2.33. The molecule has 0 amide bonds. The Bertz CT molecular complexity index is 1440. The standard InChI is InChI=1S/C27H29NO3S/c1-17-9-5-8-12-25(17)32(29,30)28-23-16-22-21-15-18(27(2,3)4)13-14-24(21)31-26(22)20-11-7-6-10-19(20)23/h5-12,16,18,28H,13-15H2,1-4H3/t18-/m0/s1. The van der Waals surface area contributed by atoms with Crippen molar-refractivity contribution in [1.82, 2.24) is 0 Å². The summed E-state index contributed by atoms with van der Waals surface area (Å²) >= 11 is 0. The van der Waals surface area contributed by atoms with Gasteiger partial charge in [0.05, 0.1) is 10.6 Å². The van der Waals surface area contributed by atoms with Crippen LogP contribution in [0.25, 0.3) is 21.7 Å². The number of hydrogen-bond acceptors (Lipinski definition) is 3. The Kier molecular flexibility index (Phi) is 4.86. The highest BCUT2D eigenvalue weighted by atomic mass is 32.2. The molecule has 1 aliphatic rings. The molecule has 0 bridgehead atoms. The quantitative estimate of drug-likeness (QED) is 0.374. The molecule has 5 heteroatoms. The second-order valence-corrected chi connectivity index (χ2v) is 11.7. The largest absolute Gasteiger partial charge is 0.460 e. The number of fused-ring (bicyclic) bond motifs is 5. The first-order valence-corrected chi connectivity index (χ1v) is 12.7. The lowest BCUT2D eigenvalue weighted by molar-refractivity contribution is 0.210. The Morgan fingerprint density at radius 2 is 1.66 bits per heavy atom. The normalized spacial score (nSPS) is 16.9. The molecular weight excluding hydrogens is 418 g/mol. The van der Waals surface area contributed by atoms with Crippen LogP contribution in [0.5, 0.6) is 0 Å². The van der Waals surface area contributed by atoms with Crippen LogP contribution >= 0.6 is 0 Å². The van der Waals surface area contributed by atoms with Gasteiger partial charge in [0.15, 0.2) is 0 Å². The van der Waals surface area contributed by atoms with E-state index in [0.717, 1.165) is 52.3 Å². The second kappa shape index (κ2) is 7.38. The number of aryl methyl sites for hydroxylation is 2. The van der Waals surface area contributed by atoms with Crippen molar-refractivity contribution in [2.45, 2.75) is 51.9 Å². The first kappa shape index (κ1) is 21.1. The Morgan fingerprint density at radius 3 is 2.38 bits per heavy atom.